The van der Waals surface area contributed by atoms with Gasteiger partial charge in [-0.05, 0) is 150 Å². The number of ether oxygens (including phenoxy) is 2. The molecule has 0 aliphatic rings. The quantitative estimate of drug-likeness (QED) is 0.0530. The molecular weight excluding hydrogens is 1190 g/mol. The van der Waals surface area contributed by atoms with Crippen LogP contribution in [0.25, 0.3) is 55.6 Å². The maximum atomic E-state index is 13.8. The number of aromatic nitrogens is 6. The second kappa shape index (κ2) is 33.3. The minimum absolute atomic E-state index is 0. The number of hydrogen-bond acceptors (Lipinski definition) is 18. The molecule has 6 aromatic carbocycles. The molecule has 0 spiro atoms. The van der Waals surface area contributed by atoms with Crippen LogP contribution in [0.15, 0.2) is 109 Å². The first kappa shape index (κ1) is 74.2. The van der Waals surface area contributed by atoms with E-state index in [9.17, 15) is 40.7 Å². The van der Waals surface area contributed by atoms with Crippen LogP contribution in [0.2, 0.25) is 5.15 Å². The summed E-state index contributed by atoms with van der Waals surface area (Å²) in [4.78, 5) is 67.3. The number of aromatic carboxylic acids is 1. The third kappa shape index (κ3) is 18.5. The van der Waals surface area contributed by atoms with Gasteiger partial charge in [0.15, 0.2) is 57.5 Å². The Morgan fingerprint density at radius 2 is 0.795 bits per heavy atom. The molecule has 0 aliphatic heterocycles. The van der Waals surface area contributed by atoms with Crippen LogP contribution in [-0.4, -0.2) is 141 Å². The second-order valence-electron chi connectivity index (χ2n) is 19.4. The Kier molecular flexibility index (Phi) is 28.1. The molecule has 0 saturated heterocycles. The van der Waals surface area contributed by atoms with Crippen molar-refractivity contribution in [1.29, 1.82) is 0 Å². The van der Waals surface area contributed by atoms with Crippen LogP contribution in [0.4, 0.5) is 43.8 Å². The second-order valence-corrected chi connectivity index (χ2v) is 19.8. The molecule has 0 saturated carbocycles. The van der Waals surface area contributed by atoms with Crippen LogP contribution >= 0.6 is 11.6 Å². The van der Waals surface area contributed by atoms with E-state index in [4.69, 9.17) is 41.3 Å². The Bertz CT molecular complexity index is 3920. The van der Waals surface area contributed by atoms with Crippen LogP contribution in [0.3, 0.4) is 0 Å². The fraction of sp³-hybridized carbons (Fsp3) is 0.250. The first-order valence-electron chi connectivity index (χ1n) is 26.0. The van der Waals surface area contributed by atoms with Gasteiger partial charge in [-0.2, -0.15) is 0 Å². The predicted molar refractivity (Wildman–Crippen MR) is 321 cm³/mol. The van der Waals surface area contributed by atoms with Crippen LogP contribution in [0.1, 0.15) is 72.6 Å². The summed E-state index contributed by atoms with van der Waals surface area (Å²) in [6.07, 6.45) is 0. The first-order chi connectivity index (χ1) is 40.6. The van der Waals surface area contributed by atoms with Crippen molar-refractivity contribution in [3.63, 3.8) is 0 Å². The van der Waals surface area contributed by atoms with Crippen LogP contribution in [-0.2, 0) is 9.47 Å². The van der Waals surface area contributed by atoms with Crippen molar-refractivity contribution in [3.8, 4) is 22.5 Å². The fourth-order valence-corrected chi connectivity index (χ4v) is 7.80. The van der Waals surface area contributed by atoms with E-state index in [2.05, 4.69) is 29.9 Å². The third-order valence-corrected chi connectivity index (χ3v) is 13.2. The molecule has 88 heavy (non-hydrogen) atoms. The minimum Gasteiger partial charge on any atom is -0.870 e. The molecule has 460 valence electrons. The van der Waals surface area contributed by atoms with Crippen molar-refractivity contribution in [1.82, 2.24) is 29.9 Å². The van der Waals surface area contributed by atoms with Crippen molar-refractivity contribution in [3.05, 3.63) is 166 Å². The fourth-order valence-electron chi connectivity index (χ4n) is 7.53. The maximum Gasteiger partial charge on any atom is 1.00 e. The number of esters is 2. The van der Waals surface area contributed by atoms with E-state index in [0.717, 1.165) is 49.6 Å². The SMILES string of the molecule is CC(C)N(C)c1nc2cc(C(=O)O)ccc2nc1-c1ccc(F)c(F)c1.CO.COC(=O)c1ccc2nc(-c3ccc(F)c(F)c3)c(N(C)C(C)C)nc2c1.COC(=O)c1ccc2nc(Cl)c(N(C)C(C)C)nc2c1.OB(O)c1ccc(F)c(F)c1.[Na+].[OH-]. The number of methoxy groups -OCH3 is 2. The van der Waals surface area contributed by atoms with Gasteiger partial charge in [0.2, 0.25) is 0 Å². The third-order valence-electron chi connectivity index (χ3n) is 12.9. The Labute approximate surface area is 530 Å². The first-order valence-corrected chi connectivity index (χ1v) is 26.4. The number of benzene rings is 6. The van der Waals surface area contributed by atoms with Gasteiger partial charge in [0.05, 0.1) is 64.0 Å². The van der Waals surface area contributed by atoms with E-state index in [1.807, 2.05) is 77.4 Å². The molecule has 0 fully saturated rings. The Hall–Kier alpha value is -8.08. The Morgan fingerprint density at radius 3 is 1.14 bits per heavy atom. The molecule has 9 aromatic rings. The number of carbonyl (C=O) groups is 3. The molecule has 0 unspecified atom stereocenters. The number of rotatable bonds is 12. The Balaban J connectivity index is 0.000000313. The van der Waals surface area contributed by atoms with E-state index >= 15 is 0 Å². The molecule has 19 nitrogen and oxygen atoms in total. The zero-order chi connectivity index (χ0) is 64.0. The monoisotopic (exact) mass is 1250 g/mol. The Morgan fingerprint density at radius 1 is 0.466 bits per heavy atom. The van der Waals surface area contributed by atoms with E-state index in [0.29, 0.717) is 89.3 Å². The summed E-state index contributed by atoms with van der Waals surface area (Å²) < 4.78 is 88.1. The zero-order valence-electron chi connectivity index (χ0n) is 50.1. The van der Waals surface area contributed by atoms with Crippen LogP contribution in [0.5, 0.6) is 0 Å². The summed E-state index contributed by atoms with van der Waals surface area (Å²) in [7, 11) is 7.45. The van der Waals surface area contributed by atoms with Gasteiger partial charge in [0.1, 0.15) is 11.4 Å². The number of aliphatic hydroxyl groups excluding tert-OH is 1. The predicted octanol–water partition coefficient (Wildman–Crippen LogP) is 7.32. The number of carbonyl (C=O) groups excluding carboxylic acids is 2. The van der Waals surface area contributed by atoms with E-state index < -0.39 is 59.9 Å². The zero-order valence-corrected chi connectivity index (χ0v) is 52.9. The molecule has 0 radical (unpaired) electrons. The average molecular weight is 1250 g/mol. The summed E-state index contributed by atoms with van der Waals surface area (Å²) in [5.74, 6) is -6.24. The molecule has 28 heteroatoms. The summed E-state index contributed by atoms with van der Waals surface area (Å²) in [5, 5.41) is 33.5. The number of nitrogens with zero attached hydrogens (tertiary/aromatic N) is 9. The number of carboxylic acids is 1. The topological polar surface area (TPSA) is 268 Å². The molecule has 3 aromatic heterocycles. The van der Waals surface area contributed by atoms with Gasteiger partial charge in [0, 0.05) is 57.5 Å². The van der Waals surface area contributed by atoms with Crippen LogP contribution in [0, 0.1) is 34.9 Å². The molecule has 0 atom stereocenters. The maximum absolute atomic E-state index is 13.8. The van der Waals surface area contributed by atoms with E-state index in [-0.39, 0.29) is 64.2 Å². The van der Waals surface area contributed by atoms with Gasteiger partial charge in [0.25, 0.3) is 0 Å². The molecule has 0 bridgehead atoms. The smallest absolute Gasteiger partial charge is 0.870 e. The van der Waals surface area contributed by atoms with Crippen molar-refractivity contribution in [2.24, 2.45) is 0 Å². The number of fused-ring (bicyclic) bond motifs is 3. The van der Waals surface area contributed by atoms with Gasteiger partial charge in [-0.3, -0.25) is 0 Å². The number of carboxylic acid groups (broad SMARTS) is 1. The van der Waals surface area contributed by atoms with E-state index in [1.165, 1.54) is 38.5 Å². The number of anilines is 3. The van der Waals surface area contributed by atoms with Crippen molar-refractivity contribution in [2.75, 3.05) is 57.2 Å². The largest absolute Gasteiger partial charge is 1.00 e. The van der Waals surface area contributed by atoms with Gasteiger partial charge in [-0.1, -0.05) is 17.7 Å². The molecule has 0 aliphatic carbocycles. The van der Waals surface area contributed by atoms with Crippen molar-refractivity contribution >= 4 is 92.6 Å². The number of halogens is 7. The summed E-state index contributed by atoms with van der Waals surface area (Å²) in [6, 6.07) is 24.5. The van der Waals surface area contributed by atoms with E-state index in [1.54, 1.807) is 42.5 Å². The average Bonchev–Trinajstić information content (AvgIpc) is 2.10. The van der Waals surface area contributed by atoms with Gasteiger partial charge >= 0.3 is 54.6 Å². The van der Waals surface area contributed by atoms with Gasteiger partial charge in [-0.25, -0.2) is 70.6 Å². The molecule has 3 heterocycles. The van der Waals surface area contributed by atoms with Crippen molar-refractivity contribution in [2.45, 2.75) is 59.7 Å². The normalized spacial score (nSPS) is 10.5. The molecule has 9 rings (SSSR count). The molecule has 0 amide bonds. The summed E-state index contributed by atoms with van der Waals surface area (Å²) >= 11 is 6.16. The van der Waals surface area contributed by atoms with Gasteiger partial charge < -0.3 is 49.9 Å². The van der Waals surface area contributed by atoms with Crippen LogP contribution < -0.4 is 49.7 Å². The number of aliphatic hydroxyl groups is 1. The minimum atomic E-state index is -1.76. The number of hydrogen-bond donors (Lipinski definition) is 4. The van der Waals surface area contributed by atoms with Crippen molar-refractivity contribution < 1.29 is 105 Å². The standard InChI is InChI=1S/C20H19F2N3O2.C19H17F2N3O2.C14H16ClN3O2.C6H5BF2O2.CH4O.Na.H2O/c1-11(2)25(3)19-18(12-5-7-14(21)15(22)9-12)23-16-8-6-13(20(26)27-4)10-17(16)24-19;1-10(2)24(3)18-17(11-4-6-13(20)14(21)8-11)22-15-7-5-12(19(25)26)9-16(15)23-18;1-8(2)18(3)13-12(15)16-10-6-5-9(14(19)20-4)7-11(10)17-13;8-5-2-1-4(7(10)11)3-6(5)9;1-2;;/h5-11H,1-4H3;4-10H,1-3H3,(H,25,26);5-8H,1-4H3;1-3,10-11H;2H,1H3;;1H2/q;;;;;+1;/p-1. The summed E-state index contributed by atoms with van der Waals surface area (Å²) in [6.45, 7) is 11.9. The summed E-state index contributed by atoms with van der Waals surface area (Å²) in [5.41, 5.74) is 5.65. The molecular formula is C60H62BClF6N9NaO10. The van der Waals surface area contributed by atoms with Gasteiger partial charge in [-0.15, -0.1) is 0 Å². The molecule has 5 N–H and O–H groups in total.